The van der Waals surface area contributed by atoms with Crippen LogP contribution in [0, 0.1) is 5.82 Å². The van der Waals surface area contributed by atoms with Crippen molar-refractivity contribution in [2.45, 2.75) is 6.42 Å². The lowest BCUT2D eigenvalue weighted by atomic mass is 10.0. The number of rotatable bonds is 5. The average molecular weight is 366 g/mol. The molecule has 0 bridgehead atoms. The van der Waals surface area contributed by atoms with Crippen LogP contribution < -0.4 is 5.32 Å². The second-order valence-corrected chi connectivity index (χ2v) is 5.75. The standard InChI is InChI=1S/C18H14Cl2FNO2/c19-10-9-17(23)22-18(24)16(13-3-7-15(21)8-4-13)11-12-1-5-14(20)6-2-12/h1-8,11H,9-10H2,(H,22,23,24)/b16-11+. The van der Waals surface area contributed by atoms with Crippen LogP contribution in [-0.4, -0.2) is 17.7 Å². The Labute approximate surface area is 149 Å². The van der Waals surface area contributed by atoms with Gasteiger partial charge in [0, 0.05) is 22.9 Å². The first kappa shape index (κ1) is 18.2. The van der Waals surface area contributed by atoms with Crippen LogP contribution in [0.4, 0.5) is 4.39 Å². The fraction of sp³-hybridized carbons (Fsp3) is 0.111. The number of hydrogen-bond donors (Lipinski definition) is 1. The molecular weight excluding hydrogens is 352 g/mol. The molecule has 0 saturated carbocycles. The molecule has 0 aromatic heterocycles. The van der Waals surface area contributed by atoms with E-state index in [-0.39, 0.29) is 17.9 Å². The molecule has 0 unspecified atom stereocenters. The third-order valence-corrected chi connectivity index (χ3v) is 3.60. The predicted octanol–water partition coefficient (Wildman–Crippen LogP) is 4.29. The maximum absolute atomic E-state index is 13.1. The van der Waals surface area contributed by atoms with Crippen molar-refractivity contribution in [3.05, 3.63) is 70.5 Å². The van der Waals surface area contributed by atoms with Gasteiger partial charge in [-0.15, -0.1) is 11.6 Å². The largest absolute Gasteiger partial charge is 0.292 e. The van der Waals surface area contributed by atoms with E-state index in [1.165, 1.54) is 24.3 Å². The Morgan fingerprint density at radius 3 is 2.25 bits per heavy atom. The maximum Gasteiger partial charge on any atom is 0.258 e. The summed E-state index contributed by atoms with van der Waals surface area (Å²) in [5.41, 5.74) is 1.45. The van der Waals surface area contributed by atoms with Crippen LogP contribution in [0.2, 0.25) is 5.02 Å². The van der Waals surface area contributed by atoms with E-state index in [1.54, 1.807) is 30.3 Å². The molecule has 24 heavy (non-hydrogen) atoms. The molecule has 6 heteroatoms. The number of nitrogens with one attached hydrogen (secondary N) is 1. The minimum Gasteiger partial charge on any atom is -0.292 e. The zero-order valence-corrected chi connectivity index (χ0v) is 14.1. The second-order valence-electron chi connectivity index (χ2n) is 4.93. The van der Waals surface area contributed by atoms with Crippen LogP contribution in [0.5, 0.6) is 0 Å². The highest BCUT2D eigenvalue weighted by Gasteiger charge is 2.15. The van der Waals surface area contributed by atoms with Crippen molar-refractivity contribution in [1.82, 2.24) is 5.32 Å². The van der Waals surface area contributed by atoms with Gasteiger partial charge >= 0.3 is 0 Å². The van der Waals surface area contributed by atoms with Crippen molar-refractivity contribution < 1.29 is 14.0 Å². The molecular formula is C18H14Cl2FNO2. The lowest BCUT2D eigenvalue weighted by molar-refractivity contribution is -0.127. The number of alkyl halides is 1. The highest BCUT2D eigenvalue weighted by molar-refractivity contribution is 6.30. The molecule has 2 aromatic rings. The first-order chi connectivity index (χ1) is 11.5. The van der Waals surface area contributed by atoms with E-state index in [1.807, 2.05) is 0 Å². The van der Waals surface area contributed by atoms with Gasteiger partial charge in [-0.1, -0.05) is 35.9 Å². The van der Waals surface area contributed by atoms with Crippen LogP contribution in [-0.2, 0) is 9.59 Å². The smallest absolute Gasteiger partial charge is 0.258 e. The molecule has 0 heterocycles. The van der Waals surface area contributed by atoms with Crippen LogP contribution in [0.1, 0.15) is 17.5 Å². The first-order valence-corrected chi connectivity index (χ1v) is 8.04. The Kier molecular flexibility index (Phi) is 6.53. The van der Waals surface area contributed by atoms with E-state index in [2.05, 4.69) is 5.32 Å². The number of carbonyl (C=O) groups excluding carboxylic acids is 2. The molecule has 0 aliphatic rings. The molecule has 124 valence electrons. The third kappa shape index (κ3) is 5.18. The molecule has 1 N–H and O–H groups in total. The zero-order valence-electron chi connectivity index (χ0n) is 12.6. The number of imide groups is 1. The fourth-order valence-electron chi connectivity index (χ4n) is 1.98. The lowest BCUT2D eigenvalue weighted by Crippen LogP contribution is -2.31. The van der Waals surface area contributed by atoms with Crippen LogP contribution in [0.15, 0.2) is 48.5 Å². The summed E-state index contributed by atoms with van der Waals surface area (Å²) in [7, 11) is 0. The molecule has 2 rings (SSSR count). The monoisotopic (exact) mass is 365 g/mol. The Balaban J connectivity index is 2.37. The van der Waals surface area contributed by atoms with Gasteiger partial charge in [-0.25, -0.2) is 4.39 Å². The highest BCUT2D eigenvalue weighted by Crippen LogP contribution is 2.20. The molecule has 0 saturated heterocycles. The van der Waals surface area contributed by atoms with Gasteiger partial charge in [-0.3, -0.25) is 14.9 Å². The van der Waals surface area contributed by atoms with Crippen molar-refractivity contribution in [2.75, 3.05) is 5.88 Å². The van der Waals surface area contributed by atoms with Crippen molar-refractivity contribution in [3.8, 4) is 0 Å². The average Bonchev–Trinajstić information content (AvgIpc) is 2.55. The molecule has 2 amide bonds. The number of amides is 2. The summed E-state index contributed by atoms with van der Waals surface area (Å²) >= 11 is 11.3. The number of hydrogen-bond acceptors (Lipinski definition) is 2. The summed E-state index contributed by atoms with van der Waals surface area (Å²) in [6, 6.07) is 12.3. The maximum atomic E-state index is 13.1. The molecule has 0 aliphatic heterocycles. The van der Waals surface area contributed by atoms with Gasteiger partial charge in [0.15, 0.2) is 0 Å². The summed E-state index contributed by atoms with van der Waals surface area (Å²) in [6.07, 6.45) is 1.64. The summed E-state index contributed by atoms with van der Waals surface area (Å²) < 4.78 is 13.1. The van der Waals surface area contributed by atoms with Crippen LogP contribution in [0.3, 0.4) is 0 Å². The van der Waals surface area contributed by atoms with Gasteiger partial charge in [-0.2, -0.15) is 0 Å². The van der Waals surface area contributed by atoms with E-state index in [9.17, 15) is 14.0 Å². The second kappa shape index (κ2) is 8.62. The molecule has 3 nitrogen and oxygen atoms in total. The highest BCUT2D eigenvalue weighted by atomic mass is 35.5. The quantitative estimate of drug-likeness (QED) is 0.488. The molecule has 0 atom stereocenters. The van der Waals surface area contributed by atoms with E-state index in [0.717, 1.165) is 5.56 Å². The summed E-state index contributed by atoms with van der Waals surface area (Å²) in [4.78, 5) is 24.0. The minimum absolute atomic E-state index is 0.0327. The lowest BCUT2D eigenvalue weighted by Gasteiger charge is -2.09. The van der Waals surface area contributed by atoms with E-state index in [0.29, 0.717) is 10.6 Å². The Morgan fingerprint density at radius 1 is 1.04 bits per heavy atom. The van der Waals surface area contributed by atoms with Gasteiger partial charge in [-0.05, 0) is 41.5 Å². The number of halogens is 3. The Hall–Kier alpha value is -2.17. The van der Waals surface area contributed by atoms with E-state index in [4.69, 9.17) is 23.2 Å². The minimum atomic E-state index is -0.577. The number of carbonyl (C=O) groups is 2. The van der Waals surface area contributed by atoms with Crippen LogP contribution in [0.25, 0.3) is 11.6 Å². The predicted molar refractivity (Wildman–Crippen MR) is 94.2 cm³/mol. The molecule has 0 aliphatic carbocycles. The third-order valence-electron chi connectivity index (χ3n) is 3.16. The van der Waals surface area contributed by atoms with Crippen molar-refractivity contribution in [3.63, 3.8) is 0 Å². The first-order valence-electron chi connectivity index (χ1n) is 7.13. The SMILES string of the molecule is O=C(CCCl)NC(=O)/C(=C/c1ccc(Cl)cc1)c1ccc(F)cc1. The zero-order chi connectivity index (χ0) is 17.5. The van der Waals surface area contributed by atoms with Gasteiger partial charge in [0.2, 0.25) is 5.91 Å². The molecule has 0 spiro atoms. The van der Waals surface area contributed by atoms with Gasteiger partial charge in [0.1, 0.15) is 5.82 Å². The fourth-order valence-corrected chi connectivity index (χ4v) is 2.28. The van der Waals surface area contributed by atoms with Gasteiger partial charge in [0.25, 0.3) is 5.91 Å². The topological polar surface area (TPSA) is 46.2 Å². The molecule has 2 aromatic carbocycles. The summed E-state index contributed by atoms with van der Waals surface area (Å²) in [6.45, 7) is 0. The van der Waals surface area contributed by atoms with Gasteiger partial charge < -0.3 is 0 Å². The Bertz CT molecular complexity index is 756. The van der Waals surface area contributed by atoms with Gasteiger partial charge in [0.05, 0.1) is 0 Å². The van der Waals surface area contributed by atoms with Crippen molar-refractivity contribution in [1.29, 1.82) is 0 Å². The van der Waals surface area contributed by atoms with E-state index >= 15 is 0 Å². The Morgan fingerprint density at radius 2 is 1.67 bits per heavy atom. The number of benzene rings is 2. The van der Waals surface area contributed by atoms with Crippen LogP contribution >= 0.6 is 23.2 Å². The van der Waals surface area contributed by atoms with Crippen molar-refractivity contribution in [2.24, 2.45) is 0 Å². The summed E-state index contributed by atoms with van der Waals surface area (Å²) in [5.74, 6) is -1.35. The molecule has 0 radical (unpaired) electrons. The van der Waals surface area contributed by atoms with E-state index < -0.39 is 17.6 Å². The summed E-state index contributed by atoms with van der Waals surface area (Å²) in [5, 5.41) is 2.84. The molecule has 0 fully saturated rings. The normalized spacial score (nSPS) is 11.2. The van der Waals surface area contributed by atoms with Crippen molar-refractivity contribution >= 4 is 46.7 Å².